The van der Waals surface area contributed by atoms with Crippen molar-refractivity contribution < 1.29 is 14.3 Å². The Kier molecular flexibility index (Phi) is 3.57. The number of carbonyl (C=O) groups excluding carboxylic acids is 2. The summed E-state index contributed by atoms with van der Waals surface area (Å²) in [6.07, 6.45) is 3.22. The van der Waals surface area contributed by atoms with E-state index >= 15 is 0 Å². The summed E-state index contributed by atoms with van der Waals surface area (Å²) < 4.78 is 7.06. The molecule has 1 fully saturated rings. The molecule has 2 heterocycles. The zero-order chi connectivity index (χ0) is 14.0. The van der Waals surface area contributed by atoms with E-state index in [1.165, 1.54) is 6.20 Å². The van der Waals surface area contributed by atoms with Crippen molar-refractivity contribution in [2.45, 2.75) is 26.0 Å². The van der Waals surface area contributed by atoms with Crippen LogP contribution in [0.3, 0.4) is 0 Å². The van der Waals surface area contributed by atoms with Gasteiger partial charge < -0.3 is 15.4 Å². The lowest BCUT2D eigenvalue weighted by atomic mass is 10.0. The van der Waals surface area contributed by atoms with E-state index in [4.69, 9.17) is 10.5 Å². The molecule has 0 saturated carbocycles. The van der Waals surface area contributed by atoms with Crippen LogP contribution in [0, 0.1) is 0 Å². The van der Waals surface area contributed by atoms with E-state index in [0.717, 1.165) is 0 Å². The molecule has 104 valence electrons. The summed E-state index contributed by atoms with van der Waals surface area (Å²) in [4.78, 5) is 25.3. The van der Waals surface area contributed by atoms with Crippen LogP contribution in [0.5, 0.6) is 0 Å². The van der Waals surface area contributed by atoms with Crippen LogP contribution in [0.2, 0.25) is 0 Å². The van der Waals surface area contributed by atoms with Crippen LogP contribution in [-0.4, -0.2) is 51.8 Å². The lowest BCUT2D eigenvalue weighted by molar-refractivity contribution is -0.150. The summed E-state index contributed by atoms with van der Waals surface area (Å²) in [5.41, 5.74) is 4.70. The second-order valence-corrected chi connectivity index (χ2v) is 4.75. The van der Waals surface area contributed by atoms with Crippen molar-refractivity contribution in [3.05, 3.63) is 18.0 Å². The van der Waals surface area contributed by atoms with Crippen LogP contribution in [0.1, 0.15) is 24.2 Å². The van der Waals surface area contributed by atoms with Crippen LogP contribution < -0.4 is 5.73 Å². The van der Waals surface area contributed by atoms with Gasteiger partial charge in [0.25, 0.3) is 11.8 Å². The van der Waals surface area contributed by atoms with Gasteiger partial charge in [0.2, 0.25) is 0 Å². The maximum atomic E-state index is 12.3. The smallest absolute Gasteiger partial charge is 0.257 e. The van der Waals surface area contributed by atoms with Gasteiger partial charge in [0, 0.05) is 19.3 Å². The third kappa shape index (κ3) is 2.60. The first-order chi connectivity index (χ1) is 8.96. The Morgan fingerprint density at radius 3 is 2.89 bits per heavy atom. The number of aromatic nitrogens is 2. The van der Waals surface area contributed by atoms with E-state index in [0.29, 0.717) is 25.3 Å². The normalized spacial score (nSPS) is 23.4. The summed E-state index contributed by atoms with van der Waals surface area (Å²) in [6.45, 7) is 5.16. The highest BCUT2D eigenvalue weighted by Crippen LogP contribution is 2.19. The minimum absolute atomic E-state index is 0.157. The third-order valence-corrected chi connectivity index (χ3v) is 3.29. The minimum Gasteiger partial charge on any atom is -0.367 e. The fraction of sp³-hybridized carbons (Fsp3) is 0.583. The Labute approximate surface area is 111 Å². The highest BCUT2D eigenvalue weighted by atomic mass is 16.5. The van der Waals surface area contributed by atoms with Crippen molar-refractivity contribution in [3.63, 3.8) is 0 Å². The van der Waals surface area contributed by atoms with Crippen molar-refractivity contribution in [2.75, 3.05) is 19.7 Å². The second-order valence-electron chi connectivity index (χ2n) is 4.75. The van der Waals surface area contributed by atoms with Crippen LogP contribution in [0.25, 0.3) is 0 Å². The van der Waals surface area contributed by atoms with Crippen molar-refractivity contribution in [2.24, 2.45) is 5.73 Å². The molecule has 19 heavy (non-hydrogen) atoms. The topological polar surface area (TPSA) is 90.5 Å². The van der Waals surface area contributed by atoms with Gasteiger partial charge in [-0.2, -0.15) is 5.10 Å². The van der Waals surface area contributed by atoms with Crippen molar-refractivity contribution >= 4 is 11.8 Å². The van der Waals surface area contributed by atoms with Gasteiger partial charge in [-0.1, -0.05) is 0 Å². The minimum atomic E-state index is -1.12. The lowest BCUT2D eigenvalue weighted by Crippen LogP contribution is -2.58. The average molecular weight is 266 g/mol. The highest BCUT2D eigenvalue weighted by molar-refractivity contribution is 5.94. The molecule has 1 atom stereocenters. The zero-order valence-electron chi connectivity index (χ0n) is 11.1. The largest absolute Gasteiger partial charge is 0.367 e. The molecule has 0 aromatic carbocycles. The van der Waals surface area contributed by atoms with Crippen LogP contribution in [0.15, 0.2) is 12.4 Å². The number of nitrogens with two attached hydrogens (primary N) is 1. The summed E-state index contributed by atoms with van der Waals surface area (Å²) >= 11 is 0. The Morgan fingerprint density at radius 2 is 2.32 bits per heavy atom. The highest BCUT2D eigenvalue weighted by Gasteiger charge is 2.39. The van der Waals surface area contributed by atoms with E-state index in [-0.39, 0.29) is 12.5 Å². The van der Waals surface area contributed by atoms with Gasteiger partial charge in [0.15, 0.2) is 5.60 Å². The number of aryl methyl sites for hydroxylation is 1. The van der Waals surface area contributed by atoms with Gasteiger partial charge >= 0.3 is 0 Å². The number of nitrogens with zero attached hydrogens (tertiary/aromatic N) is 3. The molecule has 2 rings (SSSR count). The lowest BCUT2D eigenvalue weighted by Gasteiger charge is -2.38. The predicted molar refractivity (Wildman–Crippen MR) is 67.4 cm³/mol. The zero-order valence-corrected chi connectivity index (χ0v) is 11.1. The number of hydrogen-bond acceptors (Lipinski definition) is 4. The van der Waals surface area contributed by atoms with Crippen LogP contribution >= 0.6 is 0 Å². The van der Waals surface area contributed by atoms with E-state index in [9.17, 15) is 9.59 Å². The van der Waals surface area contributed by atoms with Gasteiger partial charge in [0.05, 0.1) is 24.9 Å². The first kappa shape index (κ1) is 13.5. The molecular weight excluding hydrogens is 248 g/mol. The van der Waals surface area contributed by atoms with Crippen LogP contribution in [0.4, 0.5) is 0 Å². The van der Waals surface area contributed by atoms with Gasteiger partial charge in [-0.3, -0.25) is 14.3 Å². The summed E-state index contributed by atoms with van der Waals surface area (Å²) in [7, 11) is 0. The summed E-state index contributed by atoms with van der Waals surface area (Å²) in [5.74, 6) is -0.718. The van der Waals surface area contributed by atoms with E-state index in [2.05, 4.69) is 5.10 Å². The molecule has 1 unspecified atom stereocenters. The van der Waals surface area contributed by atoms with E-state index in [1.54, 1.807) is 22.7 Å². The number of primary amides is 1. The quantitative estimate of drug-likeness (QED) is 0.807. The Balaban J connectivity index is 2.13. The van der Waals surface area contributed by atoms with E-state index in [1.807, 2.05) is 6.92 Å². The Bertz CT molecular complexity index is 499. The predicted octanol–water partition coefficient (Wildman–Crippen LogP) is -0.381. The van der Waals surface area contributed by atoms with Crippen molar-refractivity contribution in [1.29, 1.82) is 0 Å². The van der Waals surface area contributed by atoms with Gasteiger partial charge in [-0.05, 0) is 13.8 Å². The van der Waals surface area contributed by atoms with Gasteiger partial charge in [-0.25, -0.2) is 0 Å². The Hall–Kier alpha value is -1.89. The fourth-order valence-corrected chi connectivity index (χ4v) is 2.02. The molecular formula is C12H18N4O3. The summed E-state index contributed by atoms with van der Waals surface area (Å²) in [6, 6.07) is 0. The number of amides is 2. The molecule has 1 aromatic heterocycles. The first-order valence-electron chi connectivity index (χ1n) is 6.22. The summed E-state index contributed by atoms with van der Waals surface area (Å²) in [5, 5.41) is 4.07. The second kappa shape index (κ2) is 5.00. The Morgan fingerprint density at radius 1 is 1.58 bits per heavy atom. The first-order valence-corrected chi connectivity index (χ1v) is 6.22. The molecule has 0 bridgehead atoms. The molecule has 7 nitrogen and oxygen atoms in total. The van der Waals surface area contributed by atoms with Gasteiger partial charge in [-0.15, -0.1) is 0 Å². The number of hydrogen-bond donors (Lipinski definition) is 1. The SMILES string of the molecule is CCn1cc(C(=O)N2CCOC(C)(C(N)=O)C2)cn1. The number of ether oxygens (including phenoxy) is 1. The average Bonchev–Trinajstić information content (AvgIpc) is 2.86. The van der Waals surface area contributed by atoms with E-state index < -0.39 is 11.5 Å². The monoisotopic (exact) mass is 266 g/mol. The van der Waals surface area contributed by atoms with Gasteiger partial charge in [0.1, 0.15) is 0 Å². The molecule has 1 aliphatic heterocycles. The van der Waals surface area contributed by atoms with Crippen molar-refractivity contribution in [3.8, 4) is 0 Å². The standard InChI is InChI=1S/C12H18N4O3/c1-3-16-7-9(6-14-16)10(17)15-4-5-19-12(2,8-15)11(13)18/h6-7H,3-5,8H2,1-2H3,(H2,13,18). The molecule has 1 saturated heterocycles. The maximum absolute atomic E-state index is 12.3. The van der Waals surface area contributed by atoms with Crippen molar-refractivity contribution in [1.82, 2.24) is 14.7 Å². The molecule has 0 spiro atoms. The maximum Gasteiger partial charge on any atom is 0.257 e. The molecule has 1 aliphatic rings. The molecule has 2 N–H and O–H groups in total. The molecule has 1 aromatic rings. The fourth-order valence-electron chi connectivity index (χ4n) is 2.02. The molecule has 7 heteroatoms. The molecule has 0 radical (unpaired) electrons. The molecule has 2 amide bonds. The van der Waals surface area contributed by atoms with Crippen LogP contribution in [-0.2, 0) is 16.1 Å². The third-order valence-electron chi connectivity index (χ3n) is 3.29. The number of carbonyl (C=O) groups is 2. The molecule has 0 aliphatic carbocycles. The number of rotatable bonds is 3. The number of morpholine rings is 1.